The summed E-state index contributed by atoms with van der Waals surface area (Å²) in [5, 5.41) is 0. The molecule has 6 rings (SSSR count). The predicted octanol–water partition coefficient (Wildman–Crippen LogP) is 7.11. The van der Waals surface area contributed by atoms with Crippen molar-refractivity contribution >= 4 is 11.9 Å². The molecule has 4 heteroatoms. The molecule has 0 unspecified atom stereocenters. The molecule has 4 saturated carbocycles. The average Bonchev–Trinajstić information content (AvgIpc) is 2.99. The molecule has 0 aromatic carbocycles. The second-order valence-electron chi connectivity index (χ2n) is 15.3. The number of carbonyl (C=O) groups excluding carboxylic acids is 2. The Labute approximate surface area is 218 Å². The summed E-state index contributed by atoms with van der Waals surface area (Å²) in [5.41, 5.74) is -0.681. The van der Waals surface area contributed by atoms with Crippen LogP contribution in [0.2, 0.25) is 0 Å². The number of hydrogen-bond donors (Lipinski definition) is 0. The topological polar surface area (TPSA) is 52.6 Å². The van der Waals surface area contributed by atoms with Gasteiger partial charge in [0, 0.05) is 23.7 Å². The van der Waals surface area contributed by atoms with Gasteiger partial charge in [0.2, 0.25) is 0 Å². The van der Waals surface area contributed by atoms with Gasteiger partial charge in [-0.3, -0.25) is 9.59 Å². The third-order valence-electron chi connectivity index (χ3n) is 14.1. The quantitative estimate of drug-likeness (QED) is 0.287. The highest BCUT2D eigenvalue weighted by Gasteiger charge is 2.80. The fourth-order valence-corrected chi connectivity index (χ4v) is 11.8. The molecule has 2 bridgehead atoms. The Morgan fingerprint density at radius 3 is 2.39 bits per heavy atom. The van der Waals surface area contributed by atoms with Crippen molar-refractivity contribution in [1.82, 2.24) is 0 Å². The first-order chi connectivity index (χ1) is 16.7. The second-order valence-corrected chi connectivity index (χ2v) is 15.3. The molecule has 0 radical (unpaired) electrons. The van der Waals surface area contributed by atoms with Crippen molar-refractivity contribution in [2.75, 3.05) is 0 Å². The maximum Gasteiger partial charge on any atom is 0.313 e. The minimum Gasteiger partial charge on any atom is -0.462 e. The molecule has 1 saturated heterocycles. The predicted molar refractivity (Wildman–Crippen MR) is 140 cm³/mol. The van der Waals surface area contributed by atoms with E-state index < -0.39 is 5.60 Å². The van der Waals surface area contributed by atoms with Crippen LogP contribution in [-0.2, 0) is 19.1 Å². The molecule has 11 atom stereocenters. The average molecular weight is 497 g/mol. The maximum atomic E-state index is 13.7. The summed E-state index contributed by atoms with van der Waals surface area (Å²) in [6.07, 6.45) is 13.4. The summed E-state index contributed by atoms with van der Waals surface area (Å²) < 4.78 is 12.6. The summed E-state index contributed by atoms with van der Waals surface area (Å²) in [6.45, 7) is 18.6. The number of hydrogen-bond acceptors (Lipinski definition) is 4. The summed E-state index contributed by atoms with van der Waals surface area (Å²) in [6, 6.07) is 0. The molecule has 4 nitrogen and oxygen atoms in total. The first kappa shape index (κ1) is 25.0. The molecule has 1 spiro atoms. The molecular formula is C32H48O4. The van der Waals surface area contributed by atoms with Crippen LogP contribution in [0.3, 0.4) is 0 Å². The van der Waals surface area contributed by atoms with Gasteiger partial charge in [-0.05, 0) is 91.9 Å². The zero-order valence-electron chi connectivity index (χ0n) is 23.9. The van der Waals surface area contributed by atoms with E-state index in [0.29, 0.717) is 23.7 Å². The fourth-order valence-electron chi connectivity index (χ4n) is 11.8. The van der Waals surface area contributed by atoms with Crippen molar-refractivity contribution in [2.24, 2.45) is 56.7 Å². The molecule has 5 aliphatic carbocycles. The lowest BCUT2D eigenvalue weighted by atomic mass is 9.32. The van der Waals surface area contributed by atoms with Crippen LogP contribution in [0.15, 0.2) is 12.2 Å². The summed E-state index contributed by atoms with van der Waals surface area (Å²) in [5.74, 6) is 2.27. The van der Waals surface area contributed by atoms with E-state index in [1.54, 1.807) is 6.92 Å². The van der Waals surface area contributed by atoms with Crippen LogP contribution in [0.25, 0.3) is 0 Å². The van der Waals surface area contributed by atoms with Crippen LogP contribution in [0, 0.1) is 56.7 Å². The van der Waals surface area contributed by atoms with E-state index in [-0.39, 0.29) is 51.0 Å². The highest BCUT2D eigenvalue weighted by Crippen LogP contribution is 2.79. The summed E-state index contributed by atoms with van der Waals surface area (Å²) in [7, 11) is 0. The number of esters is 2. The van der Waals surface area contributed by atoms with Crippen LogP contribution in [0.4, 0.5) is 0 Å². The van der Waals surface area contributed by atoms with Gasteiger partial charge in [-0.25, -0.2) is 0 Å². The lowest BCUT2D eigenvalue weighted by Crippen LogP contribution is -2.71. The first-order valence-electron chi connectivity index (χ1n) is 14.8. The largest absolute Gasteiger partial charge is 0.462 e. The first-order valence-corrected chi connectivity index (χ1v) is 14.8. The maximum absolute atomic E-state index is 13.7. The van der Waals surface area contributed by atoms with Crippen LogP contribution in [0.5, 0.6) is 0 Å². The van der Waals surface area contributed by atoms with Gasteiger partial charge in [0.05, 0.1) is 5.41 Å². The third kappa shape index (κ3) is 2.58. The molecule has 0 amide bonds. The van der Waals surface area contributed by atoms with Gasteiger partial charge in [0.25, 0.3) is 0 Å². The van der Waals surface area contributed by atoms with Gasteiger partial charge in [0.1, 0.15) is 11.7 Å². The molecular weight excluding hydrogens is 448 g/mol. The molecule has 1 heterocycles. The Morgan fingerprint density at radius 1 is 0.972 bits per heavy atom. The highest BCUT2D eigenvalue weighted by atomic mass is 16.6. The van der Waals surface area contributed by atoms with Crippen LogP contribution >= 0.6 is 0 Å². The summed E-state index contributed by atoms with van der Waals surface area (Å²) in [4.78, 5) is 25.6. The van der Waals surface area contributed by atoms with E-state index >= 15 is 0 Å². The van der Waals surface area contributed by atoms with Crippen LogP contribution in [-0.4, -0.2) is 23.6 Å². The number of carbonyl (C=O) groups is 2. The molecule has 0 N–H and O–H groups in total. The SMILES string of the molecule is CC(=O)O[C@H]1CC[C@@]2(C)[C@H](CC[C@]3(C)[C@@H]2C=C[C@@]24OC(=O)[C@@]5(CC[C@@H](C)[C@H](C)[C@H]52)CC[C@@]34C)C1(C)C. The van der Waals surface area contributed by atoms with Crippen molar-refractivity contribution in [3.05, 3.63) is 12.2 Å². The molecule has 6 aliphatic rings. The normalized spacial score (nSPS) is 56.5. The monoisotopic (exact) mass is 496 g/mol. The lowest BCUT2D eigenvalue weighted by Gasteiger charge is -2.72. The van der Waals surface area contributed by atoms with E-state index in [0.717, 1.165) is 51.4 Å². The Hall–Kier alpha value is -1.32. The van der Waals surface area contributed by atoms with Gasteiger partial charge < -0.3 is 9.47 Å². The van der Waals surface area contributed by atoms with Crippen LogP contribution < -0.4 is 0 Å². The van der Waals surface area contributed by atoms with Gasteiger partial charge >= 0.3 is 11.9 Å². The molecule has 200 valence electrons. The zero-order valence-corrected chi connectivity index (χ0v) is 23.9. The number of rotatable bonds is 1. The minimum absolute atomic E-state index is 0.0115. The van der Waals surface area contributed by atoms with Crippen LogP contribution in [0.1, 0.15) is 107 Å². The number of fused-ring (bicyclic) bond motifs is 4. The minimum atomic E-state index is -0.477. The van der Waals surface area contributed by atoms with E-state index in [4.69, 9.17) is 9.47 Å². The van der Waals surface area contributed by atoms with Gasteiger partial charge in [-0.15, -0.1) is 0 Å². The molecule has 1 aliphatic heterocycles. The molecule has 36 heavy (non-hydrogen) atoms. The van der Waals surface area contributed by atoms with Crippen molar-refractivity contribution < 1.29 is 19.1 Å². The van der Waals surface area contributed by atoms with Gasteiger partial charge in [0.15, 0.2) is 0 Å². The van der Waals surface area contributed by atoms with Crippen molar-refractivity contribution in [2.45, 2.75) is 118 Å². The number of allylic oxidation sites excluding steroid dienone is 1. The standard InChI is InChI=1S/C32H48O4/c1-19-9-15-31-18-17-30(8)29(7)14-10-22-27(4,5)24(35-21(3)33)12-13-28(22,6)23(29)11-16-32(30,36-26(31)34)25(31)20(19)2/h11,16,19-20,22-25H,9-10,12-15,17-18H2,1-8H3/t19-,20+,22-,23-,24+,25-,28+,29-,30+,31+,32-/m1/s1. The van der Waals surface area contributed by atoms with Crippen molar-refractivity contribution in [3.63, 3.8) is 0 Å². The smallest absolute Gasteiger partial charge is 0.313 e. The molecule has 0 aromatic heterocycles. The Balaban J connectivity index is 1.46. The van der Waals surface area contributed by atoms with Gasteiger partial charge in [-0.2, -0.15) is 0 Å². The van der Waals surface area contributed by atoms with E-state index in [9.17, 15) is 9.59 Å². The Bertz CT molecular complexity index is 1030. The zero-order chi connectivity index (χ0) is 26.1. The molecule has 5 fully saturated rings. The third-order valence-corrected chi connectivity index (χ3v) is 14.1. The number of ether oxygens (including phenoxy) is 2. The Morgan fingerprint density at radius 2 is 1.69 bits per heavy atom. The van der Waals surface area contributed by atoms with Gasteiger partial charge in [-0.1, -0.05) is 54.5 Å². The highest BCUT2D eigenvalue weighted by molar-refractivity contribution is 5.82. The Kier molecular flexibility index (Phi) is 5.00. The summed E-state index contributed by atoms with van der Waals surface area (Å²) >= 11 is 0. The molecule has 0 aromatic rings. The van der Waals surface area contributed by atoms with Crippen molar-refractivity contribution in [3.8, 4) is 0 Å². The second kappa shape index (κ2) is 7.20. The van der Waals surface area contributed by atoms with E-state index in [2.05, 4.69) is 60.6 Å². The van der Waals surface area contributed by atoms with E-state index in [1.807, 2.05) is 0 Å². The van der Waals surface area contributed by atoms with E-state index in [1.165, 1.54) is 0 Å². The lowest BCUT2D eigenvalue weighted by molar-refractivity contribution is -0.247. The van der Waals surface area contributed by atoms with Crippen molar-refractivity contribution in [1.29, 1.82) is 0 Å². The fraction of sp³-hybridized carbons (Fsp3) is 0.875.